The van der Waals surface area contributed by atoms with Gasteiger partial charge in [0.2, 0.25) is 0 Å². The van der Waals surface area contributed by atoms with Crippen molar-refractivity contribution >= 4 is 12.2 Å². The Balaban J connectivity index is 2.00. The lowest BCUT2D eigenvalue weighted by molar-refractivity contribution is 0.424. The van der Waals surface area contributed by atoms with Crippen molar-refractivity contribution < 1.29 is 20.4 Å². The van der Waals surface area contributed by atoms with Crippen molar-refractivity contribution in [3.05, 3.63) is 34.7 Å². The summed E-state index contributed by atoms with van der Waals surface area (Å²) < 4.78 is 0. The Hall–Kier alpha value is -3.16. The van der Waals surface area contributed by atoms with Crippen molar-refractivity contribution in [3.8, 4) is 23.5 Å². The van der Waals surface area contributed by atoms with E-state index in [1.165, 1.54) is 24.3 Å². The van der Waals surface area contributed by atoms with Gasteiger partial charge in [-0.2, -0.15) is 0 Å². The third-order valence-corrected chi connectivity index (χ3v) is 3.01. The number of aromatic nitrogens is 2. The van der Waals surface area contributed by atoms with Gasteiger partial charge in [0.25, 0.3) is 0 Å². The third-order valence-electron chi connectivity index (χ3n) is 3.01. The molecule has 8 nitrogen and oxygen atoms in total. The van der Waals surface area contributed by atoms with Crippen LogP contribution in [-0.2, 0) is 0 Å². The minimum absolute atomic E-state index is 0.154. The highest BCUT2D eigenvalue weighted by atomic mass is 16.3. The van der Waals surface area contributed by atoms with E-state index in [1.54, 1.807) is 0 Å². The fraction of sp³-hybridized carbons (Fsp3) is 0.143. The lowest BCUT2D eigenvalue weighted by Gasteiger charge is -2.02. The molecule has 0 saturated heterocycles. The Kier molecular flexibility index (Phi) is 4.21. The highest BCUT2D eigenvalue weighted by molar-refractivity contribution is 5.60. The number of H-pyrrole nitrogens is 2. The zero-order valence-corrected chi connectivity index (χ0v) is 11.7. The van der Waals surface area contributed by atoms with E-state index in [4.69, 9.17) is 11.5 Å². The zero-order valence-electron chi connectivity index (χ0n) is 11.7. The van der Waals surface area contributed by atoms with Crippen LogP contribution in [0.3, 0.4) is 0 Å². The molecule has 0 aliphatic rings. The van der Waals surface area contributed by atoms with E-state index in [-0.39, 0.29) is 23.5 Å². The molecule has 0 amide bonds. The van der Waals surface area contributed by atoms with Crippen molar-refractivity contribution in [2.24, 2.45) is 11.5 Å². The maximum absolute atomic E-state index is 9.48. The minimum Gasteiger partial charge on any atom is -0.494 e. The van der Waals surface area contributed by atoms with Gasteiger partial charge in [0.1, 0.15) is 0 Å². The molecule has 0 fully saturated rings. The normalized spacial score (nSPS) is 12.7. The van der Waals surface area contributed by atoms with E-state index < -0.39 is 0 Å². The number of nitrogens with two attached hydrogens (primary N) is 2. The lowest BCUT2D eigenvalue weighted by Crippen LogP contribution is -2.02. The Labute approximate surface area is 126 Å². The van der Waals surface area contributed by atoms with Crippen LogP contribution in [0.5, 0.6) is 23.5 Å². The van der Waals surface area contributed by atoms with Gasteiger partial charge in [-0.3, -0.25) is 9.97 Å². The molecule has 2 rings (SSSR count). The van der Waals surface area contributed by atoms with E-state index in [0.717, 1.165) is 0 Å². The SMILES string of the molecule is NC(=Cc1cc(O)[nH]c1O)CCC(N)=Cc1cc(O)[nH]c1O. The quantitative estimate of drug-likeness (QED) is 0.414. The number of allylic oxidation sites excluding steroid dienone is 2. The number of hydrogen-bond acceptors (Lipinski definition) is 6. The molecule has 0 spiro atoms. The van der Waals surface area contributed by atoms with Gasteiger partial charge in [-0.05, 0) is 25.0 Å². The average Bonchev–Trinajstić information content (AvgIpc) is 2.89. The summed E-state index contributed by atoms with van der Waals surface area (Å²) in [5, 5.41) is 37.3. The van der Waals surface area contributed by atoms with Crippen molar-refractivity contribution in [2.45, 2.75) is 12.8 Å². The molecule has 8 heteroatoms. The molecule has 0 saturated carbocycles. The van der Waals surface area contributed by atoms with Gasteiger partial charge in [0.15, 0.2) is 23.5 Å². The maximum Gasteiger partial charge on any atom is 0.198 e. The van der Waals surface area contributed by atoms with Gasteiger partial charge in [-0.15, -0.1) is 0 Å². The fourth-order valence-corrected chi connectivity index (χ4v) is 1.94. The van der Waals surface area contributed by atoms with E-state index >= 15 is 0 Å². The smallest absolute Gasteiger partial charge is 0.198 e. The van der Waals surface area contributed by atoms with Crippen LogP contribution in [0.2, 0.25) is 0 Å². The number of aromatic hydroxyl groups is 4. The summed E-state index contributed by atoms with van der Waals surface area (Å²) in [6.07, 6.45) is 3.90. The van der Waals surface area contributed by atoms with Crippen molar-refractivity contribution in [2.75, 3.05) is 0 Å². The van der Waals surface area contributed by atoms with Gasteiger partial charge in [-0.1, -0.05) is 0 Å². The Morgan fingerprint density at radius 2 is 1.18 bits per heavy atom. The van der Waals surface area contributed by atoms with Crippen LogP contribution in [0.15, 0.2) is 23.5 Å². The molecule has 118 valence electrons. The standard InChI is InChI=1S/C14H18N4O4/c15-9(3-7-5-11(19)17-13(7)21)1-2-10(16)4-8-6-12(20)18-14(8)22/h3-6,17-22H,1-2,15-16H2. The molecule has 2 aromatic heterocycles. The largest absolute Gasteiger partial charge is 0.494 e. The molecular weight excluding hydrogens is 288 g/mol. The monoisotopic (exact) mass is 306 g/mol. The summed E-state index contributed by atoms with van der Waals surface area (Å²) in [5.41, 5.74) is 13.4. The minimum atomic E-state index is -0.170. The molecule has 0 unspecified atom stereocenters. The molecule has 2 heterocycles. The first-order valence-corrected chi connectivity index (χ1v) is 6.49. The van der Waals surface area contributed by atoms with Crippen LogP contribution in [0.25, 0.3) is 12.2 Å². The number of nitrogens with one attached hydrogen (secondary N) is 2. The molecular formula is C14H18N4O4. The van der Waals surface area contributed by atoms with Crippen LogP contribution < -0.4 is 11.5 Å². The van der Waals surface area contributed by atoms with Crippen molar-refractivity contribution in [1.82, 2.24) is 9.97 Å². The van der Waals surface area contributed by atoms with Gasteiger partial charge in [0.05, 0.1) is 0 Å². The Morgan fingerprint density at radius 1 is 0.818 bits per heavy atom. The molecule has 0 radical (unpaired) electrons. The van der Waals surface area contributed by atoms with E-state index in [0.29, 0.717) is 35.4 Å². The van der Waals surface area contributed by atoms with Crippen molar-refractivity contribution in [3.63, 3.8) is 0 Å². The van der Waals surface area contributed by atoms with Crippen LogP contribution in [0.1, 0.15) is 24.0 Å². The van der Waals surface area contributed by atoms with Crippen LogP contribution in [-0.4, -0.2) is 30.4 Å². The van der Waals surface area contributed by atoms with E-state index in [2.05, 4.69) is 9.97 Å². The van der Waals surface area contributed by atoms with Crippen LogP contribution >= 0.6 is 0 Å². The molecule has 10 N–H and O–H groups in total. The third kappa shape index (κ3) is 3.69. The highest BCUT2D eigenvalue weighted by Crippen LogP contribution is 2.25. The van der Waals surface area contributed by atoms with Gasteiger partial charge in [0, 0.05) is 34.7 Å². The van der Waals surface area contributed by atoms with Gasteiger partial charge in [-0.25, -0.2) is 0 Å². The number of hydrogen-bond donors (Lipinski definition) is 8. The molecule has 0 aliphatic heterocycles. The van der Waals surface area contributed by atoms with Crippen molar-refractivity contribution in [1.29, 1.82) is 0 Å². The zero-order chi connectivity index (χ0) is 16.3. The summed E-state index contributed by atoms with van der Waals surface area (Å²) in [6.45, 7) is 0. The molecule has 22 heavy (non-hydrogen) atoms. The average molecular weight is 306 g/mol. The molecule has 2 aromatic rings. The first-order chi connectivity index (χ1) is 10.3. The van der Waals surface area contributed by atoms with Gasteiger partial charge >= 0.3 is 0 Å². The summed E-state index contributed by atoms with van der Waals surface area (Å²) >= 11 is 0. The van der Waals surface area contributed by atoms with E-state index in [1.807, 2.05) is 0 Å². The first-order valence-electron chi connectivity index (χ1n) is 6.49. The first kappa shape index (κ1) is 15.2. The summed E-state index contributed by atoms with van der Waals surface area (Å²) in [4.78, 5) is 4.68. The van der Waals surface area contributed by atoms with Gasteiger partial charge < -0.3 is 31.9 Å². The molecule has 0 aromatic carbocycles. The fourth-order valence-electron chi connectivity index (χ4n) is 1.94. The van der Waals surface area contributed by atoms with Crippen LogP contribution in [0, 0.1) is 0 Å². The predicted molar refractivity (Wildman–Crippen MR) is 81.8 cm³/mol. The summed E-state index contributed by atoms with van der Waals surface area (Å²) in [7, 11) is 0. The molecule has 0 aliphatic carbocycles. The summed E-state index contributed by atoms with van der Waals surface area (Å²) in [6, 6.07) is 2.70. The molecule has 0 atom stereocenters. The number of aromatic amines is 2. The second-order valence-electron chi connectivity index (χ2n) is 4.86. The summed E-state index contributed by atoms with van der Waals surface area (Å²) in [5.74, 6) is -0.647. The number of rotatable bonds is 5. The second kappa shape index (κ2) is 6.08. The Bertz CT molecular complexity index is 665. The molecule has 0 bridgehead atoms. The topological polar surface area (TPSA) is 165 Å². The lowest BCUT2D eigenvalue weighted by atomic mass is 10.1. The second-order valence-corrected chi connectivity index (χ2v) is 4.86. The predicted octanol–water partition coefficient (Wildman–Crippen LogP) is 1.24. The van der Waals surface area contributed by atoms with Crippen LogP contribution in [0.4, 0.5) is 0 Å². The maximum atomic E-state index is 9.48. The Morgan fingerprint density at radius 3 is 1.45 bits per heavy atom. The highest BCUT2D eigenvalue weighted by Gasteiger charge is 2.06. The van der Waals surface area contributed by atoms with E-state index in [9.17, 15) is 20.4 Å².